The molecule has 1 aliphatic heterocycles. The summed E-state index contributed by atoms with van der Waals surface area (Å²) in [6.45, 7) is 4.35. The van der Waals surface area contributed by atoms with E-state index in [1.54, 1.807) is 18.3 Å². The molecule has 0 atom stereocenters. The first-order valence-electron chi connectivity index (χ1n) is 6.59. The van der Waals surface area contributed by atoms with E-state index in [1.807, 2.05) is 6.20 Å². The van der Waals surface area contributed by atoms with Gasteiger partial charge in [-0.25, -0.2) is 4.79 Å². The minimum atomic E-state index is -0.863. The molecule has 1 aliphatic rings. The van der Waals surface area contributed by atoms with E-state index in [0.717, 1.165) is 37.2 Å². The first-order valence-corrected chi connectivity index (χ1v) is 7.53. The van der Waals surface area contributed by atoms with E-state index in [1.165, 1.54) is 5.56 Å². The number of hydrogen-bond donors (Lipinski definition) is 1. The van der Waals surface area contributed by atoms with Gasteiger partial charge in [0.2, 0.25) is 0 Å². The molecule has 0 saturated heterocycles. The van der Waals surface area contributed by atoms with Crippen molar-refractivity contribution in [3.63, 3.8) is 0 Å². The van der Waals surface area contributed by atoms with Gasteiger partial charge < -0.3 is 5.11 Å². The van der Waals surface area contributed by atoms with Gasteiger partial charge >= 0.3 is 5.97 Å². The molecule has 3 rings (SSSR count). The number of fused-ring (bicyclic) bond motifs is 1. The maximum atomic E-state index is 11.4. The quantitative estimate of drug-likeness (QED) is 0.943. The zero-order chi connectivity index (χ0) is 14.1. The smallest absolute Gasteiger partial charge is 0.337 e. The zero-order valence-corrected chi connectivity index (χ0v) is 12.1. The lowest BCUT2D eigenvalue weighted by Gasteiger charge is -2.29. The van der Waals surface area contributed by atoms with Gasteiger partial charge in [-0.05, 0) is 46.9 Å². The second-order valence-electron chi connectivity index (χ2n) is 5.12. The van der Waals surface area contributed by atoms with Crippen LogP contribution in [-0.2, 0) is 19.5 Å². The van der Waals surface area contributed by atoms with Crippen LogP contribution in [0.15, 0.2) is 23.0 Å². The largest absolute Gasteiger partial charge is 0.478 e. The number of pyridine rings is 1. The fourth-order valence-corrected chi connectivity index (χ4v) is 3.43. The highest BCUT2D eigenvalue weighted by atomic mass is 32.1. The lowest BCUT2D eigenvalue weighted by atomic mass is 9.95. The van der Waals surface area contributed by atoms with Crippen LogP contribution in [0.3, 0.4) is 0 Å². The van der Waals surface area contributed by atoms with Crippen molar-refractivity contribution in [2.24, 2.45) is 0 Å². The maximum absolute atomic E-state index is 11.4. The van der Waals surface area contributed by atoms with E-state index >= 15 is 0 Å². The molecule has 104 valence electrons. The van der Waals surface area contributed by atoms with Crippen molar-refractivity contribution in [3.05, 3.63) is 51.0 Å². The van der Waals surface area contributed by atoms with E-state index < -0.39 is 5.97 Å². The normalized spacial score (nSPS) is 15.1. The van der Waals surface area contributed by atoms with Crippen LogP contribution in [0.5, 0.6) is 0 Å². The maximum Gasteiger partial charge on any atom is 0.337 e. The van der Waals surface area contributed by atoms with Gasteiger partial charge in [0.15, 0.2) is 0 Å². The molecule has 0 amide bonds. The summed E-state index contributed by atoms with van der Waals surface area (Å²) in [5.41, 5.74) is 4.35. The summed E-state index contributed by atoms with van der Waals surface area (Å²) in [4.78, 5) is 18.0. The summed E-state index contributed by atoms with van der Waals surface area (Å²) >= 11 is 1.71. The number of aryl methyl sites for hydroxylation is 1. The lowest BCUT2D eigenvalue weighted by Crippen LogP contribution is -2.31. The van der Waals surface area contributed by atoms with Crippen LogP contribution in [0, 0.1) is 6.92 Å². The first kappa shape index (κ1) is 13.3. The Bertz CT molecular complexity index is 638. The average molecular weight is 288 g/mol. The van der Waals surface area contributed by atoms with Crippen LogP contribution in [0.2, 0.25) is 0 Å². The van der Waals surface area contributed by atoms with Crippen LogP contribution < -0.4 is 0 Å². The van der Waals surface area contributed by atoms with Crippen LogP contribution in [0.4, 0.5) is 0 Å². The van der Waals surface area contributed by atoms with Gasteiger partial charge in [-0.2, -0.15) is 11.3 Å². The van der Waals surface area contributed by atoms with Gasteiger partial charge in [0.1, 0.15) is 0 Å². The number of nitrogens with zero attached hydrogens (tertiary/aromatic N) is 2. The van der Waals surface area contributed by atoms with Crippen molar-refractivity contribution in [1.29, 1.82) is 0 Å². The number of aromatic carboxylic acids is 1. The Morgan fingerprint density at radius 3 is 3.10 bits per heavy atom. The Morgan fingerprint density at radius 1 is 1.55 bits per heavy atom. The number of carboxylic acids is 1. The summed E-state index contributed by atoms with van der Waals surface area (Å²) in [6, 6.07) is 2.14. The van der Waals surface area contributed by atoms with Crippen molar-refractivity contribution >= 4 is 17.3 Å². The molecule has 1 N–H and O–H groups in total. The first-order chi connectivity index (χ1) is 9.65. The molecule has 5 heteroatoms. The second-order valence-corrected chi connectivity index (χ2v) is 5.90. The van der Waals surface area contributed by atoms with Crippen molar-refractivity contribution in [2.45, 2.75) is 26.4 Å². The fraction of sp³-hybridized carbons (Fsp3) is 0.333. The molecular formula is C15H16N2O2S. The highest BCUT2D eigenvalue weighted by Crippen LogP contribution is 2.25. The molecule has 0 fully saturated rings. The number of aromatic nitrogens is 1. The molecule has 3 heterocycles. The van der Waals surface area contributed by atoms with Crippen molar-refractivity contribution < 1.29 is 9.90 Å². The molecule has 0 spiro atoms. The van der Waals surface area contributed by atoms with E-state index in [4.69, 9.17) is 0 Å². The number of carboxylic acid groups (broad SMARTS) is 1. The zero-order valence-electron chi connectivity index (χ0n) is 11.3. The predicted molar refractivity (Wildman–Crippen MR) is 78.1 cm³/mol. The molecule has 0 unspecified atom stereocenters. The monoisotopic (exact) mass is 288 g/mol. The molecule has 2 aromatic rings. The van der Waals surface area contributed by atoms with E-state index in [9.17, 15) is 9.90 Å². The molecule has 2 aromatic heterocycles. The topological polar surface area (TPSA) is 53.4 Å². The Kier molecular flexibility index (Phi) is 3.54. The third-order valence-electron chi connectivity index (χ3n) is 3.74. The van der Waals surface area contributed by atoms with Gasteiger partial charge in [-0.15, -0.1) is 0 Å². The van der Waals surface area contributed by atoms with E-state index in [0.29, 0.717) is 11.3 Å². The summed E-state index contributed by atoms with van der Waals surface area (Å²) in [7, 11) is 0. The molecule has 0 aromatic carbocycles. The molecule has 0 bridgehead atoms. The summed E-state index contributed by atoms with van der Waals surface area (Å²) in [5, 5.41) is 13.6. The third-order valence-corrected chi connectivity index (χ3v) is 4.47. The molecule has 4 nitrogen and oxygen atoms in total. The number of rotatable bonds is 3. The molecule has 0 saturated carbocycles. The van der Waals surface area contributed by atoms with Gasteiger partial charge in [0.25, 0.3) is 0 Å². The van der Waals surface area contributed by atoms with Gasteiger partial charge in [0, 0.05) is 25.8 Å². The van der Waals surface area contributed by atoms with Crippen LogP contribution in [0.1, 0.15) is 32.7 Å². The van der Waals surface area contributed by atoms with E-state index in [2.05, 4.69) is 26.7 Å². The molecule has 0 radical (unpaired) electrons. The van der Waals surface area contributed by atoms with Crippen molar-refractivity contribution in [2.75, 3.05) is 6.54 Å². The number of hydrogen-bond acceptors (Lipinski definition) is 4. The lowest BCUT2D eigenvalue weighted by molar-refractivity contribution is 0.0693. The van der Waals surface area contributed by atoms with E-state index in [-0.39, 0.29) is 0 Å². The summed E-state index contributed by atoms with van der Waals surface area (Å²) in [6.07, 6.45) is 2.61. The minimum absolute atomic E-state index is 0.401. The van der Waals surface area contributed by atoms with Crippen LogP contribution in [-0.4, -0.2) is 27.5 Å². The standard InChI is InChI=1S/C15H16N2O2S/c1-10-14(15(18)19)13-2-4-17(8-12(13)6-16-10)7-11-3-5-20-9-11/h3,5-6,9H,2,4,7-8H2,1H3,(H,18,19). The summed E-state index contributed by atoms with van der Waals surface area (Å²) in [5.74, 6) is -0.863. The molecular weight excluding hydrogens is 272 g/mol. The van der Waals surface area contributed by atoms with Crippen molar-refractivity contribution in [3.8, 4) is 0 Å². The summed E-state index contributed by atoms with van der Waals surface area (Å²) < 4.78 is 0. The Balaban J connectivity index is 1.85. The number of thiophene rings is 1. The molecule has 0 aliphatic carbocycles. The second kappa shape index (κ2) is 5.34. The highest BCUT2D eigenvalue weighted by molar-refractivity contribution is 7.07. The third kappa shape index (κ3) is 2.46. The van der Waals surface area contributed by atoms with Crippen molar-refractivity contribution in [1.82, 2.24) is 9.88 Å². The van der Waals surface area contributed by atoms with Gasteiger partial charge in [-0.1, -0.05) is 0 Å². The SMILES string of the molecule is Cc1ncc2c(c1C(=O)O)CCN(Cc1ccsc1)C2. The highest BCUT2D eigenvalue weighted by Gasteiger charge is 2.23. The molecule has 20 heavy (non-hydrogen) atoms. The Morgan fingerprint density at radius 2 is 2.40 bits per heavy atom. The Hall–Kier alpha value is -1.72. The van der Waals surface area contributed by atoms with Crippen LogP contribution >= 0.6 is 11.3 Å². The van der Waals surface area contributed by atoms with Gasteiger partial charge in [-0.3, -0.25) is 9.88 Å². The number of carbonyl (C=O) groups is 1. The minimum Gasteiger partial charge on any atom is -0.478 e. The Labute approximate surface area is 121 Å². The van der Waals surface area contributed by atoms with Gasteiger partial charge in [0.05, 0.1) is 11.3 Å². The fourth-order valence-electron chi connectivity index (χ4n) is 2.77. The van der Waals surface area contributed by atoms with Crippen LogP contribution in [0.25, 0.3) is 0 Å². The average Bonchev–Trinajstić information content (AvgIpc) is 2.91. The predicted octanol–water partition coefficient (Wildman–Crippen LogP) is 2.71.